The molecule has 5 heteroatoms. The highest BCUT2D eigenvalue weighted by molar-refractivity contribution is 5.12. The molecule has 0 atom stereocenters. The predicted molar refractivity (Wildman–Crippen MR) is 41.8 cm³/mol. The van der Waals surface area contributed by atoms with Crippen LogP contribution in [-0.4, -0.2) is 16.1 Å². The molecule has 70 valence electrons. The Hall–Kier alpha value is -1.26. The number of hydrogen-bond donors (Lipinski definition) is 1. The maximum atomic E-state index is 12.5. The van der Waals surface area contributed by atoms with Crippen LogP contribution in [0, 0.1) is 0 Å². The smallest absolute Gasteiger partial charge is 0.264 e. The molecule has 0 unspecified atom stereocenters. The van der Waals surface area contributed by atoms with Gasteiger partial charge in [-0.1, -0.05) is 0 Å². The summed E-state index contributed by atoms with van der Waals surface area (Å²) in [6, 6.07) is 2.80. The van der Waals surface area contributed by atoms with Gasteiger partial charge in [0.15, 0.2) is 0 Å². The fourth-order valence-electron chi connectivity index (χ4n) is 1.45. The molecular formula is C8H8F2N2O. The molecule has 1 aromatic heterocycles. The molecular weight excluding hydrogens is 178 g/mol. The van der Waals surface area contributed by atoms with Crippen molar-refractivity contribution >= 4 is 0 Å². The number of alkyl halides is 2. The van der Waals surface area contributed by atoms with Crippen molar-refractivity contribution in [2.45, 2.75) is 24.7 Å². The fourth-order valence-corrected chi connectivity index (χ4v) is 1.45. The number of halogens is 2. The second-order valence-corrected chi connectivity index (χ2v) is 3.31. The number of nitrogens with one attached hydrogen (secondary N) is 1. The van der Waals surface area contributed by atoms with E-state index in [1.807, 2.05) is 0 Å². The molecule has 1 aliphatic rings. The lowest BCUT2D eigenvalue weighted by atomic mass is 9.79. The van der Waals surface area contributed by atoms with E-state index in [4.69, 9.17) is 0 Å². The van der Waals surface area contributed by atoms with Gasteiger partial charge in [0.2, 0.25) is 5.92 Å². The third-order valence-electron chi connectivity index (χ3n) is 2.21. The molecule has 1 N–H and O–H groups in total. The van der Waals surface area contributed by atoms with Gasteiger partial charge in [-0.25, -0.2) is 13.9 Å². The normalized spacial score (nSPS) is 21.1. The number of hydrogen-bond acceptors (Lipinski definition) is 2. The second kappa shape index (κ2) is 2.61. The zero-order valence-corrected chi connectivity index (χ0v) is 6.76. The standard InChI is InChI=1S/C8H8F2N2O/c9-8(10)3-5(4-8)6-1-2-7(13)12-11-6/h1-2,5H,3-4H2,(H,12,13). The van der Waals surface area contributed by atoms with Crippen LogP contribution >= 0.6 is 0 Å². The lowest BCUT2D eigenvalue weighted by Crippen LogP contribution is -2.34. The topological polar surface area (TPSA) is 45.8 Å². The predicted octanol–water partition coefficient (Wildman–Crippen LogP) is 1.28. The van der Waals surface area contributed by atoms with Crippen LogP contribution in [0.15, 0.2) is 16.9 Å². The van der Waals surface area contributed by atoms with Crippen molar-refractivity contribution in [2.24, 2.45) is 0 Å². The molecule has 1 saturated carbocycles. The van der Waals surface area contributed by atoms with Crippen molar-refractivity contribution in [1.29, 1.82) is 0 Å². The minimum absolute atomic E-state index is 0.161. The first-order valence-electron chi connectivity index (χ1n) is 4.00. The third kappa shape index (κ3) is 1.59. The van der Waals surface area contributed by atoms with Crippen molar-refractivity contribution in [1.82, 2.24) is 10.2 Å². The monoisotopic (exact) mass is 186 g/mol. The third-order valence-corrected chi connectivity index (χ3v) is 2.21. The van der Waals surface area contributed by atoms with E-state index in [-0.39, 0.29) is 24.3 Å². The molecule has 1 aliphatic carbocycles. The molecule has 0 radical (unpaired) electrons. The van der Waals surface area contributed by atoms with E-state index in [1.165, 1.54) is 12.1 Å². The average molecular weight is 186 g/mol. The molecule has 0 aliphatic heterocycles. The Bertz CT molecular complexity index is 346. The first-order valence-corrected chi connectivity index (χ1v) is 4.00. The lowest BCUT2D eigenvalue weighted by molar-refractivity contribution is -0.0877. The van der Waals surface area contributed by atoms with E-state index in [2.05, 4.69) is 10.2 Å². The highest BCUT2D eigenvalue weighted by Gasteiger charge is 2.46. The molecule has 0 saturated heterocycles. The number of aromatic amines is 1. The van der Waals surface area contributed by atoms with Crippen LogP contribution in [0.2, 0.25) is 0 Å². The van der Waals surface area contributed by atoms with Crippen molar-refractivity contribution in [2.75, 3.05) is 0 Å². The lowest BCUT2D eigenvalue weighted by Gasteiger charge is -2.33. The van der Waals surface area contributed by atoms with Gasteiger partial charge in [0.05, 0.1) is 5.69 Å². The maximum Gasteiger partial charge on any atom is 0.264 e. The van der Waals surface area contributed by atoms with Crippen molar-refractivity contribution < 1.29 is 8.78 Å². The summed E-state index contributed by atoms with van der Waals surface area (Å²) in [6.07, 6.45) is -0.321. The molecule has 1 aromatic rings. The van der Waals surface area contributed by atoms with Gasteiger partial charge in [-0.05, 0) is 6.07 Å². The first kappa shape index (κ1) is 8.34. The maximum absolute atomic E-state index is 12.5. The Kier molecular flexibility index (Phi) is 1.68. The first-order chi connectivity index (χ1) is 6.07. The summed E-state index contributed by atoms with van der Waals surface area (Å²) in [7, 11) is 0. The van der Waals surface area contributed by atoms with E-state index in [0.717, 1.165) is 0 Å². The van der Waals surface area contributed by atoms with Crippen LogP contribution in [0.5, 0.6) is 0 Å². The van der Waals surface area contributed by atoms with Gasteiger partial charge in [-0.3, -0.25) is 4.79 Å². The molecule has 2 rings (SSSR count). The highest BCUT2D eigenvalue weighted by atomic mass is 19.3. The molecule has 0 bridgehead atoms. The summed E-state index contributed by atoms with van der Waals surface area (Å²) in [5.74, 6) is -2.74. The average Bonchev–Trinajstić information content (AvgIpc) is 2.01. The summed E-state index contributed by atoms with van der Waals surface area (Å²) in [4.78, 5) is 10.6. The van der Waals surface area contributed by atoms with Gasteiger partial charge in [0.1, 0.15) is 0 Å². The highest BCUT2D eigenvalue weighted by Crippen LogP contribution is 2.47. The zero-order valence-electron chi connectivity index (χ0n) is 6.76. The Morgan fingerprint density at radius 2 is 2.15 bits per heavy atom. The molecule has 0 amide bonds. The summed E-state index contributed by atoms with van der Waals surface area (Å²) in [5, 5.41) is 5.92. The van der Waals surface area contributed by atoms with Crippen LogP contribution in [0.1, 0.15) is 24.5 Å². The van der Waals surface area contributed by atoms with Crippen LogP contribution in [0.3, 0.4) is 0 Å². The largest absolute Gasteiger partial charge is 0.268 e. The molecule has 1 heterocycles. The van der Waals surface area contributed by atoms with E-state index in [1.54, 1.807) is 0 Å². The number of nitrogens with zero attached hydrogens (tertiary/aromatic N) is 1. The minimum Gasteiger partial charge on any atom is -0.268 e. The second-order valence-electron chi connectivity index (χ2n) is 3.31. The number of rotatable bonds is 1. The fraction of sp³-hybridized carbons (Fsp3) is 0.500. The minimum atomic E-state index is -2.54. The Labute approximate surface area is 72.8 Å². The molecule has 0 spiro atoms. The van der Waals surface area contributed by atoms with Gasteiger partial charge in [-0.2, -0.15) is 5.10 Å². The Morgan fingerprint density at radius 3 is 2.62 bits per heavy atom. The van der Waals surface area contributed by atoms with E-state index >= 15 is 0 Å². The van der Waals surface area contributed by atoms with Gasteiger partial charge in [-0.15, -0.1) is 0 Å². The SMILES string of the molecule is O=c1ccc(C2CC(F)(F)C2)n[nH]1. The zero-order chi connectivity index (χ0) is 9.47. The van der Waals surface area contributed by atoms with Crippen molar-refractivity contribution in [3.63, 3.8) is 0 Å². The van der Waals surface area contributed by atoms with Crippen LogP contribution in [-0.2, 0) is 0 Å². The van der Waals surface area contributed by atoms with Gasteiger partial charge in [0.25, 0.3) is 5.56 Å². The number of H-pyrrole nitrogens is 1. The molecule has 1 fully saturated rings. The van der Waals surface area contributed by atoms with Crippen LogP contribution in [0.4, 0.5) is 8.78 Å². The summed E-state index contributed by atoms with van der Waals surface area (Å²) < 4.78 is 24.9. The van der Waals surface area contributed by atoms with Crippen LogP contribution < -0.4 is 5.56 Å². The Balaban J connectivity index is 2.12. The number of aromatic nitrogens is 2. The molecule has 0 aromatic carbocycles. The Morgan fingerprint density at radius 1 is 1.46 bits per heavy atom. The van der Waals surface area contributed by atoms with Gasteiger partial charge < -0.3 is 0 Å². The van der Waals surface area contributed by atoms with Gasteiger partial charge in [0, 0.05) is 24.8 Å². The summed E-state index contributed by atoms with van der Waals surface area (Å²) in [5.41, 5.74) is 0.236. The van der Waals surface area contributed by atoms with E-state index < -0.39 is 5.92 Å². The van der Waals surface area contributed by atoms with Crippen molar-refractivity contribution in [3.8, 4) is 0 Å². The van der Waals surface area contributed by atoms with Crippen molar-refractivity contribution in [3.05, 3.63) is 28.2 Å². The van der Waals surface area contributed by atoms with E-state index in [0.29, 0.717) is 5.69 Å². The summed E-state index contributed by atoms with van der Waals surface area (Å²) in [6.45, 7) is 0. The summed E-state index contributed by atoms with van der Waals surface area (Å²) >= 11 is 0. The molecule has 3 nitrogen and oxygen atoms in total. The van der Waals surface area contributed by atoms with Crippen LogP contribution in [0.25, 0.3) is 0 Å². The van der Waals surface area contributed by atoms with E-state index in [9.17, 15) is 13.6 Å². The van der Waals surface area contributed by atoms with Gasteiger partial charge >= 0.3 is 0 Å². The quantitative estimate of drug-likeness (QED) is 0.718. The molecule has 13 heavy (non-hydrogen) atoms.